The summed E-state index contributed by atoms with van der Waals surface area (Å²) in [7, 11) is 2.02. The number of amides is 2. The number of carbonyl (C=O) groups is 2. The number of carbonyl (C=O) groups excluding carboxylic acids is 2. The van der Waals surface area contributed by atoms with E-state index in [2.05, 4.69) is 17.4 Å². The van der Waals surface area contributed by atoms with Crippen LogP contribution >= 0.6 is 0 Å². The first-order valence-corrected chi connectivity index (χ1v) is 8.64. The quantitative estimate of drug-likeness (QED) is 0.793. The topological polar surface area (TPSA) is 63.1 Å². The molecule has 1 aliphatic heterocycles. The normalized spacial score (nSPS) is 16.5. The lowest BCUT2D eigenvalue weighted by Gasteiger charge is -2.31. The van der Waals surface area contributed by atoms with Crippen molar-refractivity contribution in [3.05, 3.63) is 35.9 Å². The van der Waals surface area contributed by atoms with Crippen LogP contribution in [0.4, 0.5) is 4.79 Å². The molecule has 0 aromatic heterocycles. The summed E-state index contributed by atoms with van der Waals surface area (Å²) in [5, 5.41) is 3.09. The molecule has 1 aromatic carbocycles. The third-order valence-electron chi connectivity index (χ3n) is 4.20. The summed E-state index contributed by atoms with van der Waals surface area (Å²) in [4.78, 5) is 26.7. The third-order valence-corrected chi connectivity index (χ3v) is 4.20. The lowest BCUT2D eigenvalue weighted by atomic mass is 10.1. The number of benzene rings is 1. The summed E-state index contributed by atoms with van der Waals surface area (Å²) < 4.78 is 5.00. The van der Waals surface area contributed by atoms with Crippen molar-refractivity contribution >= 4 is 12.0 Å². The van der Waals surface area contributed by atoms with Crippen molar-refractivity contribution in [2.45, 2.75) is 32.4 Å². The van der Waals surface area contributed by atoms with Crippen molar-refractivity contribution in [3.63, 3.8) is 0 Å². The first-order chi connectivity index (χ1) is 11.6. The Bertz CT molecular complexity index is 528. The van der Waals surface area contributed by atoms with E-state index in [1.807, 2.05) is 25.2 Å². The second kappa shape index (κ2) is 9.27. The molecule has 1 heterocycles. The number of rotatable bonds is 6. The molecule has 0 saturated carbocycles. The molecule has 1 fully saturated rings. The van der Waals surface area contributed by atoms with E-state index in [4.69, 9.17) is 4.74 Å². The molecule has 1 atom stereocenters. The number of nitrogens with one attached hydrogen (secondary N) is 2. The summed E-state index contributed by atoms with van der Waals surface area (Å²) in [5.74, 6) is 0.0676. The van der Waals surface area contributed by atoms with Crippen molar-refractivity contribution < 1.29 is 19.2 Å². The molecule has 0 aliphatic carbocycles. The number of piperidine rings is 1. The zero-order valence-electron chi connectivity index (χ0n) is 14.6. The van der Waals surface area contributed by atoms with Crippen LogP contribution in [0.25, 0.3) is 0 Å². The monoisotopic (exact) mass is 334 g/mol. The van der Waals surface area contributed by atoms with Gasteiger partial charge in [-0.2, -0.15) is 0 Å². The second-order valence-corrected chi connectivity index (χ2v) is 6.32. The van der Waals surface area contributed by atoms with Crippen LogP contribution in [-0.4, -0.2) is 56.2 Å². The highest BCUT2D eigenvalue weighted by Crippen LogP contribution is 2.11. The predicted molar refractivity (Wildman–Crippen MR) is 91.7 cm³/mol. The van der Waals surface area contributed by atoms with Crippen LogP contribution < -0.4 is 10.2 Å². The van der Waals surface area contributed by atoms with Gasteiger partial charge in [0.2, 0.25) is 0 Å². The largest absolute Gasteiger partial charge is 0.450 e. The van der Waals surface area contributed by atoms with E-state index in [1.165, 1.54) is 5.56 Å². The van der Waals surface area contributed by atoms with E-state index >= 15 is 0 Å². The van der Waals surface area contributed by atoms with Crippen LogP contribution in [-0.2, 0) is 16.1 Å². The molecule has 2 rings (SSSR count). The minimum absolute atomic E-state index is 0.0676. The van der Waals surface area contributed by atoms with Gasteiger partial charge < -0.3 is 19.9 Å². The Balaban J connectivity index is 1.69. The van der Waals surface area contributed by atoms with E-state index in [0.29, 0.717) is 26.2 Å². The molecule has 2 amide bonds. The fourth-order valence-corrected chi connectivity index (χ4v) is 2.98. The molecule has 6 heteroatoms. The number of likely N-dealkylation sites (N-methyl/N-ethyl adjacent to an activating group) is 1. The number of quaternary nitrogens is 1. The van der Waals surface area contributed by atoms with Crippen LogP contribution in [0.1, 0.15) is 25.3 Å². The van der Waals surface area contributed by atoms with Crippen molar-refractivity contribution in [2.24, 2.45) is 0 Å². The van der Waals surface area contributed by atoms with Crippen LogP contribution in [0, 0.1) is 0 Å². The fourth-order valence-electron chi connectivity index (χ4n) is 2.98. The van der Waals surface area contributed by atoms with Gasteiger partial charge in [-0.25, -0.2) is 4.79 Å². The highest BCUT2D eigenvalue weighted by atomic mass is 16.6. The number of nitrogens with zero attached hydrogens (tertiary/aromatic N) is 1. The molecular weight excluding hydrogens is 306 g/mol. The molecule has 132 valence electrons. The van der Waals surface area contributed by atoms with Gasteiger partial charge in [0.15, 0.2) is 6.54 Å². The third kappa shape index (κ3) is 5.85. The van der Waals surface area contributed by atoms with Crippen molar-refractivity contribution in [3.8, 4) is 0 Å². The Morgan fingerprint density at radius 1 is 1.25 bits per heavy atom. The maximum atomic E-state index is 12.2. The van der Waals surface area contributed by atoms with Crippen LogP contribution in [0.5, 0.6) is 0 Å². The molecule has 1 saturated heterocycles. The Morgan fingerprint density at radius 2 is 1.92 bits per heavy atom. The average molecular weight is 334 g/mol. The Morgan fingerprint density at radius 3 is 2.54 bits per heavy atom. The molecule has 0 spiro atoms. The lowest BCUT2D eigenvalue weighted by molar-refractivity contribution is -0.885. The van der Waals surface area contributed by atoms with Gasteiger partial charge in [0.1, 0.15) is 6.54 Å². The number of likely N-dealkylation sites (tertiary alicyclic amines) is 1. The summed E-state index contributed by atoms with van der Waals surface area (Å²) >= 11 is 0. The van der Waals surface area contributed by atoms with Crippen LogP contribution in [0.3, 0.4) is 0 Å². The molecular formula is C18H28N3O3+. The SMILES string of the molecule is CCOC(=O)N1CCC(NC(=O)C[NH+](C)Cc2ccccc2)CC1. The smallest absolute Gasteiger partial charge is 0.409 e. The van der Waals surface area contributed by atoms with Crippen LogP contribution in [0.2, 0.25) is 0 Å². The van der Waals surface area contributed by atoms with E-state index in [0.717, 1.165) is 24.3 Å². The molecule has 1 aliphatic rings. The number of hydrogen-bond donors (Lipinski definition) is 2. The molecule has 2 N–H and O–H groups in total. The molecule has 1 aromatic rings. The van der Waals surface area contributed by atoms with Gasteiger partial charge in [0.25, 0.3) is 5.91 Å². The molecule has 1 unspecified atom stereocenters. The Kier molecular flexibility index (Phi) is 7.06. The van der Waals surface area contributed by atoms with Gasteiger partial charge in [0, 0.05) is 24.7 Å². The molecule has 0 bridgehead atoms. The van der Waals surface area contributed by atoms with Gasteiger partial charge in [0.05, 0.1) is 13.7 Å². The summed E-state index contributed by atoms with van der Waals surface area (Å²) in [5.41, 5.74) is 1.23. The van der Waals surface area contributed by atoms with Crippen LogP contribution in [0.15, 0.2) is 30.3 Å². The lowest BCUT2D eigenvalue weighted by Crippen LogP contribution is -3.09. The van der Waals surface area contributed by atoms with E-state index in [-0.39, 0.29) is 18.0 Å². The highest BCUT2D eigenvalue weighted by Gasteiger charge is 2.25. The van der Waals surface area contributed by atoms with Crippen molar-refractivity contribution in [1.29, 1.82) is 0 Å². The Hall–Kier alpha value is -2.08. The maximum absolute atomic E-state index is 12.2. The second-order valence-electron chi connectivity index (χ2n) is 6.32. The van der Waals surface area contributed by atoms with Gasteiger partial charge in [-0.3, -0.25) is 4.79 Å². The predicted octanol–water partition coefficient (Wildman–Crippen LogP) is 0.438. The van der Waals surface area contributed by atoms with Gasteiger partial charge in [-0.1, -0.05) is 30.3 Å². The van der Waals surface area contributed by atoms with Gasteiger partial charge >= 0.3 is 6.09 Å². The zero-order valence-corrected chi connectivity index (χ0v) is 14.6. The van der Waals surface area contributed by atoms with Crippen molar-refractivity contribution in [2.75, 3.05) is 33.3 Å². The number of ether oxygens (including phenoxy) is 1. The summed E-state index contributed by atoms with van der Waals surface area (Å²) in [6, 6.07) is 10.3. The first-order valence-electron chi connectivity index (χ1n) is 8.64. The Labute approximate surface area is 143 Å². The minimum Gasteiger partial charge on any atom is -0.450 e. The summed E-state index contributed by atoms with van der Waals surface area (Å²) in [6.07, 6.45) is 1.30. The fraction of sp³-hybridized carbons (Fsp3) is 0.556. The van der Waals surface area contributed by atoms with E-state index in [9.17, 15) is 9.59 Å². The molecule has 6 nitrogen and oxygen atoms in total. The maximum Gasteiger partial charge on any atom is 0.409 e. The highest BCUT2D eigenvalue weighted by molar-refractivity contribution is 5.77. The summed E-state index contributed by atoms with van der Waals surface area (Å²) in [6.45, 7) is 4.75. The van der Waals surface area contributed by atoms with Crippen molar-refractivity contribution in [1.82, 2.24) is 10.2 Å². The van der Waals surface area contributed by atoms with E-state index < -0.39 is 0 Å². The minimum atomic E-state index is -0.255. The average Bonchev–Trinajstić information content (AvgIpc) is 2.56. The molecule has 24 heavy (non-hydrogen) atoms. The molecule has 0 radical (unpaired) electrons. The van der Waals surface area contributed by atoms with E-state index in [1.54, 1.807) is 11.8 Å². The van der Waals surface area contributed by atoms with Gasteiger partial charge in [-0.05, 0) is 19.8 Å². The zero-order chi connectivity index (χ0) is 17.4. The number of hydrogen-bond acceptors (Lipinski definition) is 3. The standard InChI is InChI=1S/C18H27N3O3/c1-3-24-18(23)21-11-9-16(10-12-21)19-17(22)14-20(2)13-15-7-5-4-6-8-15/h4-8,16H,3,9-14H2,1-2H3,(H,19,22)/p+1. The first kappa shape index (κ1) is 18.3. The van der Waals surface area contributed by atoms with Gasteiger partial charge in [-0.15, -0.1) is 0 Å².